The lowest BCUT2D eigenvalue weighted by Gasteiger charge is -2.21. The number of hydrogen-bond donors (Lipinski definition) is 2. The third-order valence-corrected chi connectivity index (χ3v) is 4.06. The van der Waals surface area contributed by atoms with E-state index in [9.17, 15) is 4.79 Å². The molecule has 4 heteroatoms. The molecule has 1 heterocycles. The van der Waals surface area contributed by atoms with Gasteiger partial charge in [-0.2, -0.15) is 0 Å². The van der Waals surface area contributed by atoms with Crippen LogP contribution in [0.3, 0.4) is 0 Å². The summed E-state index contributed by atoms with van der Waals surface area (Å²) < 4.78 is 5.81. The van der Waals surface area contributed by atoms with Gasteiger partial charge in [-0.25, -0.2) is 0 Å². The normalized spacial score (nSPS) is 15.2. The Morgan fingerprint density at radius 3 is 2.52 bits per heavy atom. The second kappa shape index (κ2) is 7.29. The third kappa shape index (κ3) is 4.33. The lowest BCUT2D eigenvalue weighted by Crippen LogP contribution is -2.34. The van der Waals surface area contributed by atoms with Gasteiger partial charge >= 0.3 is 0 Å². The van der Waals surface area contributed by atoms with E-state index in [1.54, 1.807) is 0 Å². The monoisotopic (exact) mass is 310 g/mol. The van der Waals surface area contributed by atoms with Gasteiger partial charge in [-0.1, -0.05) is 12.1 Å². The Kier molecular flexibility index (Phi) is 4.93. The van der Waals surface area contributed by atoms with Gasteiger partial charge in [-0.3, -0.25) is 4.79 Å². The highest BCUT2D eigenvalue weighted by Crippen LogP contribution is 2.24. The number of hydrogen-bond acceptors (Lipinski definition) is 3. The zero-order valence-electron chi connectivity index (χ0n) is 13.3. The summed E-state index contributed by atoms with van der Waals surface area (Å²) in [6, 6.07) is 15.4. The van der Waals surface area contributed by atoms with Crippen LogP contribution in [0.4, 0.5) is 5.69 Å². The van der Waals surface area contributed by atoms with Crippen molar-refractivity contribution < 1.29 is 9.53 Å². The SMILES string of the molecule is Cc1cccc(Oc2ccc(NC(=O)C3CCNCC3)cc2)c1. The van der Waals surface area contributed by atoms with Crippen LogP contribution in [0.25, 0.3) is 0 Å². The fraction of sp³-hybridized carbons (Fsp3) is 0.316. The molecule has 0 aliphatic carbocycles. The van der Waals surface area contributed by atoms with Crippen LogP contribution in [0.1, 0.15) is 18.4 Å². The van der Waals surface area contributed by atoms with E-state index in [4.69, 9.17) is 4.74 Å². The molecule has 1 aliphatic rings. The number of carbonyl (C=O) groups is 1. The van der Waals surface area contributed by atoms with E-state index in [0.717, 1.165) is 48.7 Å². The Balaban J connectivity index is 1.59. The van der Waals surface area contributed by atoms with Crippen molar-refractivity contribution in [1.29, 1.82) is 0 Å². The molecule has 4 nitrogen and oxygen atoms in total. The van der Waals surface area contributed by atoms with Crippen molar-refractivity contribution >= 4 is 11.6 Å². The van der Waals surface area contributed by atoms with Crippen molar-refractivity contribution in [2.45, 2.75) is 19.8 Å². The van der Waals surface area contributed by atoms with Crippen LogP contribution in [-0.2, 0) is 4.79 Å². The van der Waals surface area contributed by atoms with Gasteiger partial charge in [0.05, 0.1) is 0 Å². The average Bonchev–Trinajstić information content (AvgIpc) is 2.57. The van der Waals surface area contributed by atoms with Gasteiger partial charge in [0.15, 0.2) is 0 Å². The third-order valence-electron chi connectivity index (χ3n) is 4.06. The quantitative estimate of drug-likeness (QED) is 0.905. The first-order valence-corrected chi connectivity index (χ1v) is 8.07. The fourth-order valence-electron chi connectivity index (χ4n) is 2.75. The molecule has 0 aromatic heterocycles. The maximum atomic E-state index is 12.2. The van der Waals surface area contributed by atoms with E-state index in [2.05, 4.69) is 10.6 Å². The number of amides is 1. The van der Waals surface area contributed by atoms with Gasteiger partial charge in [0.25, 0.3) is 0 Å². The summed E-state index contributed by atoms with van der Waals surface area (Å²) in [6.45, 7) is 3.87. The fourth-order valence-corrected chi connectivity index (χ4v) is 2.75. The van der Waals surface area contributed by atoms with Crippen molar-refractivity contribution in [3.8, 4) is 11.5 Å². The Morgan fingerprint density at radius 2 is 1.83 bits per heavy atom. The number of anilines is 1. The smallest absolute Gasteiger partial charge is 0.227 e. The number of benzene rings is 2. The zero-order valence-corrected chi connectivity index (χ0v) is 13.3. The number of rotatable bonds is 4. The second-order valence-electron chi connectivity index (χ2n) is 5.96. The van der Waals surface area contributed by atoms with Crippen LogP contribution in [-0.4, -0.2) is 19.0 Å². The molecule has 1 fully saturated rings. The van der Waals surface area contributed by atoms with Gasteiger partial charge < -0.3 is 15.4 Å². The van der Waals surface area contributed by atoms with E-state index in [-0.39, 0.29) is 11.8 Å². The summed E-state index contributed by atoms with van der Waals surface area (Å²) in [7, 11) is 0. The Labute approximate surface area is 136 Å². The molecule has 1 aliphatic heterocycles. The molecule has 0 spiro atoms. The standard InChI is InChI=1S/C19H22N2O2/c1-14-3-2-4-18(13-14)23-17-7-5-16(6-8-17)21-19(22)15-9-11-20-12-10-15/h2-8,13,15,20H,9-12H2,1H3,(H,21,22). The van der Waals surface area contributed by atoms with Crippen LogP contribution in [0.5, 0.6) is 11.5 Å². The highest BCUT2D eigenvalue weighted by Gasteiger charge is 2.20. The molecule has 0 bridgehead atoms. The van der Waals surface area contributed by atoms with Gasteiger partial charge in [-0.05, 0) is 74.8 Å². The Morgan fingerprint density at radius 1 is 1.09 bits per heavy atom. The van der Waals surface area contributed by atoms with E-state index >= 15 is 0 Å². The predicted octanol–water partition coefficient (Wildman–Crippen LogP) is 3.73. The van der Waals surface area contributed by atoms with Crippen LogP contribution in [0, 0.1) is 12.8 Å². The maximum Gasteiger partial charge on any atom is 0.227 e. The van der Waals surface area contributed by atoms with Crippen molar-refractivity contribution in [1.82, 2.24) is 5.32 Å². The van der Waals surface area contributed by atoms with Crippen LogP contribution < -0.4 is 15.4 Å². The zero-order chi connectivity index (χ0) is 16.1. The molecule has 1 saturated heterocycles. The molecule has 23 heavy (non-hydrogen) atoms. The van der Waals surface area contributed by atoms with Crippen molar-refractivity contribution in [3.05, 3.63) is 54.1 Å². The van der Waals surface area contributed by atoms with Gasteiger partial charge in [0.1, 0.15) is 11.5 Å². The minimum absolute atomic E-state index is 0.110. The molecule has 2 N–H and O–H groups in total. The molecule has 0 unspecified atom stereocenters. The second-order valence-corrected chi connectivity index (χ2v) is 5.96. The topological polar surface area (TPSA) is 50.4 Å². The van der Waals surface area contributed by atoms with Crippen LogP contribution in [0.2, 0.25) is 0 Å². The van der Waals surface area contributed by atoms with Crippen LogP contribution in [0.15, 0.2) is 48.5 Å². The molecule has 0 saturated carbocycles. The first-order chi connectivity index (χ1) is 11.2. The molecular weight excluding hydrogens is 288 g/mol. The van der Waals surface area contributed by atoms with Crippen molar-refractivity contribution in [2.75, 3.05) is 18.4 Å². The minimum atomic E-state index is 0.110. The molecule has 1 amide bonds. The summed E-state index contributed by atoms with van der Waals surface area (Å²) in [5, 5.41) is 6.26. The lowest BCUT2D eigenvalue weighted by atomic mass is 9.97. The molecule has 2 aromatic carbocycles. The summed E-state index contributed by atoms with van der Waals surface area (Å²) in [6.07, 6.45) is 1.81. The van der Waals surface area contributed by atoms with Gasteiger partial charge in [0.2, 0.25) is 5.91 Å². The molecular formula is C19H22N2O2. The molecule has 120 valence electrons. The molecule has 0 radical (unpaired) electrons. The predicted molar refractivity (Wildman–Crippen MR) is 91.9 cm³/mol. The summed E-state index contributed by atoms with van der Waals surface area (Å²) >= 11 is 0. The van der Waals surface area contributed by atoms with Crippen molar-refractivity contribution in [3.63, 3.8) is 0 Å². The van der Waals surface area contributed by atoms with E-state index in [0.29, 0.717) is 0 Å². The average molecular weight is 310 g/mol. The maximum absolute atomic E-state index is 12.2. The number of aryl methyl sites for hydroxylation is 1. The van der Waals surface area contributed by atoms with Crippen molar-refractivity contribution in [2.24, 2.45) is 5.92 Å². The van der Waals surface area contributed by atoms with E-state index in [1.165, 1.54) is 0 Å². The first-order valence-electron chi connectivity index (χ1n) is 8.07. The van der Waals surface area contributed by atoms with Gasteiger partial charge in [-0.15, -0.1) is 0 Å². The Bertz CT molecular complexity index is 661. The number of ether oxygens (including phenoxy) is 1. The van der Waals surface area contributed by atoms with Gasteiger partial charge in [0, 0.05) is 11.6 Å². The number of piperidine rings is 1. The summed E-state index contributed by atoms with van der Waals surface area (Å²) in [5.41, 5.74) is 1.97. The largest absolute Gasteiger partial charge is 0.457 e. The Hall–Kier alpha value is -2.33. The minimum Gasteiger partial charge on any atom is -0.457 e. The van der Waals surface area contributed by atoms with E-state index in [1.807, 2.05) is 55.5 Å². The van der Waals surface area contributed by atoms with Crippen LogP contribution >= 0.6 is 0 Å². The molecule has 2 aromatic rings. The highest BCUT2D eigenvalue weighted by atomic mass is 16.5. The molecule has 0 atom stereocenters. The number of carbonyl (C=O) groups excluding carboxylic acids is 1. The highest BCUT2D eigenvalue weighted by molar-refractivity contribution is 5.92. The lowest BCUT2D eigenvalue weighted by molar-refractivity contribution is -0.120. The summed E-state index contributed by atoms with van der Waals surface area (Å²) in [5.74, 6) is 1.80. The first kappa shape index (κ1) is 15.6. The number of nitrogens with one attached hydrogen (secondary N) is 2. The molecule has 3 rings (SSSR count). The summed E-state index contributed by atoms with van der Waals surface area (Å²) in [4.78, 5) is 12.2. The van der Waals surface area contributed by atoms with E-state index < -0.39 is 0 Å².